The van der Waals surface area contributed by atoms with Crippen LogP contribution in [-0.2, 0) is 0 Å². The van der Waals surface area contributed by atoms with Gasteiger partial charge >= 0.3 is 0 Å². The fraction of sp³-hybridized carbons (Fsp3) is 0.182. The number of benzene rings is 1. The Hall–Kier alpha value is -1.37. The maximum Gasteiger partial charge on any atom is 0.150 e. The van der Waals surface area contributed by atoms with E-state index in [1.807, 2.05) is 44.2 Å². The van der Waals surface area contributed by atoms with Gasteiger partial charge in [-0.15, -0.1) is 0 Å². The van der Waals surface area contributed by atoms with Crippen molar-refractivity contribution in [3.8, 4) is 0 Å². The van der Waals surface area contributed by atoms with E-state index in [4.69, 9.17) is 0 Å². The molecule has 1 rings (SSSR count). The average Bonchev–Trinajstić information content (AvgIpc) is 2.05. The number of hydrogen-bond donors (Lipinski definition) is 0. The van der Waals surface area contributed by atoms with Crippen molar-refractivity contribution in [1.29, 1.82) is 0 Å². The number of allylic oxidation sites excluding steroid dienone is 1. The minimum atomic E-state index is 0.767. The minimum absolute atomic E-state index is 0.767. The molecular weight excluding hydrogens is 148 g/mol. The zero-order valence-electron chi connectivity index (χ0n) is 7.37. The number of carbonyl (C=O) groups excluding carboxylic acids is 1. The second kappa shape index (κ2) is 3.86. The molecule has 0 aliphatic rings. The molecule has 0 aliphatic heterocycles. The summed E-state index contributed by atoms with van der Waals surface area (Å²) >= 11 is 0. The highest BCUT2D eigenvalue weighted by molar-refractivity contribution is 5.77. The van der Waals surface area contributed by atoms with Crippen LogP contribution >= 0.6 is 0 Å². The van der Waals surface area contributed by atoms with E-state index < -0.39 is 0 Å². The molecule has 1 aromatic rings. The molecular formula is C11H12O. The van der Waals surface area contributed by atoms with Gasteiger partial charge in [0.05, 0.1) is 0 Å². The van der Waals surface area contributed by atoms with Crippen LogP contribution in [0.5, 0.6) is 0 Å². The van der Waals surface area contributed by atoms with Gasteiger partial charge in [0.2, 0.25) is 0 Å². The van der Waals surface area contributed by atoms with Crippen molar-refractivity contribution in [2.24, 2.45) is 0 Å². The number of carbonyl (C=O) groups is 1. The molecule has 1 nitrogen and oxygen atoms in total. The highest BCUT2D eigenvalue weighted by atomic mass is 16.1. The van der Waals surface area contributed by atoms with E-state index in [1.165, 1.54) is 0 Å². The van der Waals surface area contributed by atoms with Gasteiger partial charge in [-0.25, -0.2) is 0 Å². The van der Waals surface area contributed by atoms with Gasteiger partial charge in [0.1, 0.15) is 6.29 Å². The summed E-state index contributed by atoms with van der Waals surface area (Å²) in [4.78, 5) is 10.5. The maximum absolute atomic E-state index is 10.5. The summed E-state index contributed by atoms with van der Waals surface area (Å²) in [6.07, 6.45) is 4.88. The lowest BCUT2D eigenvalue weighted by Crippen LogP contribution is -1.85. The van der Waals surface area contributed by atoms with E-state index in [1.54, 1.807) is 0 Å². The largest absolute Gasteiger partial charge is 0.298 e. The van der Waals surface area contributed by atoms with Gasteiger partial charge in [0.25, 0.3) is 0 Å². The van der Waals surface area contributed by atoms with Crippen molar-refractivity contribution in [2.75, 3.05) is 0 Å². The molecule has 0 radical (unpaired) electrons. The SMILES string of the molecule is C/C=C/c1ccc(C=O)c(C)c1. The highest BCUT2D eigenvalue weighted by Crippen LogP contribution is 2.10. The van der Waals surface area contributed by atoms with Crippen molar-refractivity contribution >= 4 is 12.4 Å². The van der Waals surface area contributed by atoms with Crippen LogP contribution in [0.1, 0.15) is 28.4 Å². The molecule has 1 aromatic carbocycles. The predicted octanol–water partition coefficient (Wildman–Crippen LogP) is 2.84. The molecule has 0 aliphatic carbocycles. The Labute approximate surface area is 72.7 Å². The first-order valence-electron chi connectivity index (χ1n) is 3.96. The van der Waals surface area contributed by atoms with E-state index in [0.717, 1.165) is 23.0 Å². The Balaban J connectivity index is 3.09. The second-order valence-electron chi connectivity index (χ2n) is 2.73. The third kappa shape index (κ3) is 1.82. The number of hydrogen-bond acceptors (Lipinski definition) is 1. The molecule has 0 fully saturated rings. The third-order valence-corrected chi connectivity index (χ3v) is 1.78. The first kappa shape index (κ1) is 8.72. The van der Waals surface area contributed by atoms with Crippen LogP contribution < -0.4 is 0 Å². The highest BCUT2D eigenvalue weighted by Gasteiger charge is 1.95. The van der Waals surface area contributed by atoms with Crippen LogP contribution in [0, 0.1) is 6.92 Å². The average molecular weight is 160 g/mol. The number of aryl methyl sites for hydroxylation is 1. The maximum atomic E-state index is 10.5. The molecule has 0 heterocycles. The Bertz CT molecular complexity index is 311. The number of rotatable bonds is 2. The molecule has 0 spiro atoms. The first-order chi connectivity index (χ1) is 5.77. The molecule has 0 saturated carbocycles. The van der Waals surface area contributed by atoms with Gasteiger partial charge in [-0.05, 0) is 25.0 Å². The topological polar surface area (TPSA) is 17.1 Å². The molecule has 1 heteroatoms. The second-order valence-corrected chi connectivity index (χ2v) is 2.73. The van der Waals surface area contributed by atoms with Gasteiger partial charge in [0, 0.05) is 5.56 Å². The molecule has 0 aromatic heterocycles. The zero-order chi connectivity index (χ0) is 8.97. The fourth-order valence-electron chi connectivity index (χ4n) is 1.13. The standard InChI is InChI=1S/C11H12O/c1-3-4-10-5-6-11(8-12)9(2)7-10/h3-8H,1-2H3/b4-3+. The molecule has 0 saturated heterocycles. The summed E-state index contributed by atoms with van der Waals surface area (Å²) in [5.74, 6) is 0. The Kier molecular flexibility index (Phi) is 2.81. The normalized spacial score (nSPS) is 10.5. The molecule has 0 amide bonds. The molecule has 62 valence electrons. The van der Waals surface area contributed by atoms with Crippen molar-refractivity contribution < 1.29 is 4.79 Å². The molecule has 0 atom stereocenters. The Morgan fingerprint density at radius 2 is 2.08 bits per heavy atom. The van der Waals surface area contributed by atoms with Crippen molar-refractivity contribution in [2.45, 2.75) is 13.8 Å². The lowest BCUT2D eigenvalue weighted by molar-refractivity contribution is 0.112. The summed E-state index contributed by atoms with van der Waals surface area (Å²) < 4.78 is 0. The van der Waals surface area contributed by atoms with Crippen LogP contribution in [-0.4, -0.2) is 6.29 Å². The van der Waals surface area contributed by atoms with Crippen LogP contribution in [0.4, 0.5) is 0 Å². The van der Waals surface area contributed by atoms with Crippen molar-refractivity contribution in [3.05, 3.63) is 41.0 Å². The van der Waals surface area contributed by atoms with Gasteiger partial charge in [-0.2, -0.15) is 0 Å². The van der Waals surface area contributed by atoms with Gasteiger partial charge in [-0.3, -0.25) is 4.79 Å². The van der Waals surface area contributed by atoms with Crippen LogP contribution in [0.15, 0.2) is 24.3 Å². The monoisotopic (exact) mass is 160 g/mol. The summed E-state index contributed by atoms with van der Waals surface area (Å²) in [6.45, 7) is 3.92. The summed E-state index contributed by atoms with van der Waals surface area (Å²) in [7, 11) is 0. The van der Waals surface area contributed by atoms with E-state index in [-0.39, 0.29) is 0 Å². The van der Waals surface area contributed by atoms with E-state index in [0.29, 0.717) is 0 Å². The predicted molar refractivity (Wildman–Crippen MR) is 51.3 cm³/mol. The lowest BCUT2D eigenvalue weighted by Gasteiger charge is -1.98. The van der Waals surface area contributed by atoms with Crippen LogP contribution in [0.3, 0.4) is 0 Å². The molecule has 12 heavy (non-hydrogen) atoms. The first-order valence-corrected chi connectivity index (χ1v) is 3.96. The third-order valence-electron chi connectivity index (χ3n) is 1.78. The smallest absolute Gasteiger partial charge is 0.150 e. The summed E-state index contributed by atoms with van der Waals surface area (Å²) in [6, 6.07) is 5.79. The summed E-state index contributed by atoms with van der Waals surface area (Å²) in [5.41, 5.74) is 2.93. The van der Waals surface area contributed by atoms with E-state index >= 15 is 0 Å². The summed E-state index contributed by atoms with van der Waals surface area (Å²) in [5, 5.41) is 0. The molecule has 0 N–H and O–H groups in total. The quantitative estimate of drug-likeness (QED) is 0.608. The van der Waals surface area contributed by atoms with Crippen molar-refractivity contribution in [3.63, 3.8) is 0 Å². The lowest BCUT2D eigenvalue weighted by atomic mass is 10.1. The number of aldehydes is 1. The minimum Gasteiger partial charge on any atom is -0.298 e. The van der Waals surface area contributed by atoms with E-state index in [9.17, 15) is 4.79 Å². The van der Waals surface area contributed by atoms with Crippen molar-refractivity contribution in [1.82, 2.24) is 0 Å². The Morgan fingerprint density at radius 3 is 2.58 bits per heavy atom. The van der Waals surface area contributed by atoms with Gasteiger partial charge in [0.15, 0.2) is 0 Å². The molecule has 0 bridgehead atoms. The van der Waals surface area contributed by atoms with Crippen LogP contribution in [0.2, 0.25) is 0 Å². The zero-order valence-corrected chi connectivity index (χ0v) is 7.37. The van der Waals surface area contributed by atoms with E-state index in [2.05, 4.69) is 0 Å². The fourth-order valence-corrected chi connectivity index (χ4v) is 1.13. The molecule has 0 unspecified atom stereocenters. The van der Waals surface area contributed by atoms with Crippen LogP contribution in [0.25, 0.3) is 6.08 Å². The van der Waals surface area contributed by atoms with Gasteiger partial charge in [-0.1, -0.05) is 30.4 Å². The van der Waals surface area contributed by atoms with Gasteiger partial charge < -0.3 is 0 Å². The Morgan fingerprint density at radius 1 is 1.33 bits per heavy atom.